The molecule has 7 nitrogen and oxygen atoms in total. The third-order valence-corrected chi connectivity index (χ3v) is 2.91. The molecule has 1 unspecified atom stereocenters. The molecule has 1 aromatic rings. The number of benzene rings is 1. The van der Waals surface area contributed by atoms with Crippen molar-refractivity contribution in [2.75, 3.05) is 13.2 Å². The van der Waals surface area contributed by atoms with Gasteiger partial charge in [-0.3, -0.25) is 0 Å². The van der Waals surface area contributed by atoms with E-state index in [0.29, 0.717) is 5.56 Å². The first kappa shape index (κ1) is 18.6. The normalized spacial score (nSPS) is 13.5. The fraction of sp³-hybridized carbons (Fsp3) is 0.429. The van der Waals surface area contributed by atoms with Gasteiger partial charge in [-0.05, 0) is 5.56 Å². The number of rotatable bonds is 8. The first-order chi connectivity index (χ1) is 10.7. The molecule has 1 rings (SSSR count). The Labute approximate surface area is 131 Å². The van der Waals surface area contributed by atoms with E-state index >= 15 is 0 Å². The van der Waals surface area contributed by atoms with Crippen LogP contribution >= 0.6 is 0 Å². The van der Waals surface area contributed by atoms with Crippen molar-refractivity contribution in [3.63, 3.8) is 0 Å². The van der Waals surface area contributed by atoms with Crippen LogP contribution < -0.4 is 11.1 Å². The molecule has 0 aliphatic rings. The predicted octanol–water partition coefficient (Wildman–Crippen LogP) is 1.26. The van der Waals surface area contributed by atoms with Crippen LogP contribution in [0, 0.1) is 0 Å². The molecule has 0 aliphatic carbocycles. The highest BCUT2D eigenvalue weighted by Gasteiger charge is 2.24. The largest absolute Gasteiger partial charge is 0.465 e. The highest BCUT2D eigenvalue weighted by atomic mass is 19.3. The number of hydrogen-bond donors (Lipinski definition) is 4. The molecular formula is C14H19F2N3O4. The Balaban J connectivity index is 2.84. The number of aliphatic hydroxyl groups is 1. The number of hydrogen-bond acceptors (Lipinski definition) is 4. The number of carbonyl (C=O) groups is 1. The van der Waals surface area contributed by atoms with Crippen molar-refractivity contribution in [3.05, 3.63) is 35.4 Å². The van der Waals surface area contributed by atoms with E-state index < -0.39 is 18.1 Å². The smallest absolute Gasteiger partial charge is 0.405 e. The molecule has 1 aromatic carbocycles. The Kier molecular flexibility index (Phi) is 6.70. The zero-order valence-electron chi connectivity index (χ0n) is 12.5. The quantitative estimate of drug-likeness (QED) is 0.248. The predicted molar refractivity (Wildman–Crippen MR) is 79.3 cm³/mol. The van der Waals surface area contributed by atoms with Crippen LogP contribution in [0.1, 0.15) is 18.1 Å². The van der Waals surface area contributed by atoms with Gasteiger partial charge in [0.15, 0.2) is 5.84 Å². The summed E-state index contributed by atoms with van der Waals surface area (Å²) in [7, 11) is 0. The van der Waals surface area contributed by atoms with Gasteiger partial charge in [0.2, 0.25) is 0 Å². The van der Waals surface area contributed by atoms with Gasteiger partial charge in [-0.25, -0.2) is 13.6 Å². The zero-order chi connectivity index (χ0) is 17.5. The molecule has 0 heterocycles. The number of nitrogens with zero attached hydrogens (tertiary/aromatic N) is 1. The van der Waals surface area contributed by atoms with Crippen LogP contribution in [0.25, 0.3) is 0 Å². The Hall–Kier alpha value is -2.42. The number of alkyl halides is 2. The van der Waals surface area contributed by atoms with Crippen LogP contribution in [0.3, 0.4) is 0 Å². The standard InChI is InChI=1S/C14H19F2N3O4/c1-14(15,16)10-4-2-9(3-5-10)8-11(18-13(21)22)12(17)19-23-7-6-20/h2-5,11,18,20H,6-8H2,1H3,(H2,17,19)(H,21,22). The van der Waals surface area contributed by atoms with Crippen LogP contribution in [0.5, 0.6) is 0 Å². The first-order valence-corrected chi connectivity index (χ1v) is 6.77. The minimum absolute atomic E-state index is 0.0826. The minimum atomic E-state index is -2.95. The molecule has 5 N–H and O–H groups in total. The molecule has 0 fully saturated rings. The van der Waals surface area contributed by atoms with Gasteiger partial charge in [-0.2, -0.15) is 0 Å². The van der Waals surface area contributed by atoms with Crippen molar-refractivity contribution in [1.82, 2.24) is 5.32 Å². The lowest BCUT2D eigenvalue weighted by molar-refractivity contribution is 0.0174. The Bertz CT molecular complexity index is 544. The van der Waals surface area contributed by atoms with Crippen LogP contribution in [-0.2, 0) is 17.2 Å². The third kappa shape index (κ3) is 6.47. The van der Waals surface area contributed by atoms with Crippen molar-refractivity contribution in [2.45, 2.75) is 25.3 Å². The molecule has 0 spiro atoms. The molecule has 0 saturated heterocycles. The number of nitrogens with two attached hydrogens (primary N) is 1. The molecule has 0 aromatic heterocycles. The second-order valence-electron chi connectivity index (χ2n) is 4.86. The second kappa shape index (κ2) is 8.28. The minimum Gasteiger partial charge on any atom is -0.465 e. The molecule has 128 valence electrons. The molecule has 9 heteroatoms. The van der Waals surface area contributed by atoms with Crippen molar-refractivity contribution in [3.8, 4) is 0 Å². The molecule has 23 heavy (non-hydrogen) atoms. The maximum absolute atomic E-state index is 13.2. The van der Waals surface area contributed by atoms with E-state index in [2.05, 4.69) is 15.3 Å². The monoisotopic (exact) mass is 331 g/mol. The molecule has 0 bridgehead atoms. The molecule has 1 amide bonds. The van der Waals surface area contributed by atoms with E-state index in [1.807, 2.05) is 0 Å². The fourth-order valence-corrected chi connectivity index (χ4v) is 1.77. The molecule has 0 aliphatic heterocycles. The SMILES string of the molecule is CC(F)(F)c1ccc(CC(NC(=O)O)/C(N)=N/OCCO)cc1. The van der Waals surface area contributed by atoms with Crippen LogP contribution in [0.2, 0.25) is 0 Å². The van der Waals surface area contributed by atoms with Gasteiger partial charge in [0, 0.05) is 18.9 Å². The summed E-state index contributed by atoms with van der Waals surface area (Å²) < 4.78 is 26.3. The summed E-state index contributed by atoms with van der Waals surface area (Å²) >= 11 is 0. The summed E-state index contributed by atoms with van der Waals surface area (Å²) in [6.45, 7) is 0.446. The van der Waals surface area contributed by atoms with E-state index in [-0.39, 0.29) is 31.0 Å². The lowest BCUT2D eigenvalue weighted by Crippen LogP contribution is -2.45. The Morgan fingerprint density at radius 1 is 1.43 bits per heavy atom. The van der Waals surface area contributed by atoms with Crippen LogP contribution in [0.15, 0.2) is 29.4 Å². The van der Waals surface area contributed by atoms with E-state index in [0.717, 1.165) is 6.92 Å². The summed E-state index contributed by atoms with van der Waals surface area (Å²) in [5.41, 5.74) is 6.10. The first-order valence-electron chi connectivity index (χ1n) is 6.77. The molecular weight excluding hydrogens is 312 g/mol. The Morgan fingerprint density at radius 2 is 2.04 bits per heavy atom. The van der Waals surface area contributed by atoms with Gasteiger partial charge in [-0.15, -0.1) is 0 Å². The highest BCUT2D eigenvalue weighted by molar-refractivity contribution is 5.88. The van der Waals surface area contributed by atoms with Gasteiger partial charge in [0.1, 0.15) is 6.61 Å². The van der Waals surface area contributed by atoms with Crippen molar-refractivity contribution in [2.24, 2.45) is 10.9 Å². The van der Waals surface area contributed by atoms with Crippen molar-refractivity contribution in [1.29, 1.82) is 0 Å². The highest BCUT2D eigenvalue weighted by Crippen LogP contribution is 2.26. The summed E-state index contributed by atoms with van der Waals surface area (Å²) in [6.07, 6.45) is -1.20. The number of amides is 1. The average molecular weight is 331 g/mol. The van der Waals surface area contributed by atoms with Crippen LogP contribution in [0.4, 0.5) is 13.6 Å². The van der Waals surface area contributed by atoms with Gasteiger partial charge in [0.05, 0.1) is 12.6 Å². The van der Waals surface area contributed by atoms with Gasteiger partial charge >= 0.3 is 6.09 Å². The fourth-order valence-electron chi connectivity index (χ4n) is 1.77. The zero-order valence-corrected chi connectivity index (χ0v) is 12.5. The van der Waals surface area contributed by atoms with Gasteiger partial charge < -0.3 is 26.1 Å². The number of amidine groups is 1. The van der Waals surface area contributed by atoms with Gasteiger partial charge in [-0.1, -0.05) is 29.4 Å². The summed E-state index contributed by atoms with van der Waals surface area (Å²) in [5, 5.41) is 23.1. The molecule has 0 radical (unpaired) electrons. The van der Waals surface area contributed by atoms with Crippen LogP contribution in [-0.4, -0.2) is 41.4 Å². The van der Waals surface area contributed by atoms with Gasteiger partial charge in [0.25, 0.3) is 5.92 Å². The summed E-state index contributed by atoms with van der Waals surface area (Å²) in [4.78, 5) is 15.5. The topological polar surface area (TPSA) is 117 Å². The average Bonchev–Trinajstić information content (AvgIpc) is 2.46. The summed E-state index contributed by atoms with van der Waals surface area (Å²) in [5.74, 6) is -3.08. The third-order valence-electron chi connectivity index (χ3n) is 2.91. The van der Waals surface area contributed by atoms with Crippen molar-refractivity contribution >= 4 is 11.9 Å². The number of carboxylic acid groups (broad SMARTS) is 1. The summed E-state index contributed by atoms with van der Waals surface area (Å²) in [6, 6.07) is 4.57. The number of oxime groups is 1. The van der Waals surface area contributed by atoms with E-state index in [4.69, 9.17) is 15.9 Å². The number of halogens is 2. The molecule has 1 atom stereocenters. The Morgan fingerprint density at radius 3 is 2.52 bits per heavy atom. The maximum atomic E-state index is 13.2. The van der Waals surface area contributed by atoms with Crippen molar-refractivity contribution < 1.29 is 28.6 Å². The maximum Gasteiger partial charge on any atom is 0.405 e. The number of aliphatic hydroxyl groups excluding tert-OH is 1. The van der Waals surface area contributed by atoms with E-state index in [9.17, 15) is 13.6 Å². The lowest BCUT2D eigenvalue weighted by atomic mass is 10.0. The second-order valence-corrected chi connectivity index (χ2v) is 4.86. The molecule has 0 saturated carbocycles. The number of nitrogens with one attached hydrogen (secondary N) is 1. The van der Waals surface area contributed by atoms with E-state index in [1.165, 1.54) is 24.3 Å². The lowest BCUT2D eigenvalue weighted by Gasteiger charge is -2.17. The van der Waals surface area contributed by atoms with E-state index in [1.54, 1.807) is 0 Å².